The van der Waals surface area contributed by atoms with Crippen LogP contribution >= 0.6 is 0 Å². The van der Waals surface area contributed by atoms with Gasteiger partial charge in [0, 0.05) is 30.1 Å². The minimum absolute atomic E-state index is 0.146. The van der Waals surface area contributed by atoms with Gasteiger partial charge in [0.25, 0.3) is 5.69 Å². The van der Waals surface area contributed by atoms with Crippen LogP contribution in [0.25, 0.3) is 22.6 Å². The number of nitrogens with one attached hydrogen (secondary N) is 2. The summed E-state index contributed by atoms with van der Waals surface area (Å²) < 4.78 is 5.27. The molecule has 0 fully saturated rings. The summed E-state index contributed by atoms with van der Waals surface area (Å²) >= 11 is 0. The summed E-state index contributed by atoms with van der Waals surface area (Å²) in [7, 11) is 0. The van der Waals surface area contributed by atoms with Gasteiger partial charge in [-0.2, -0.15) is 0 Å². The van der Waals surface area contributed by atoms with Crippen LogP contribution in [0.1, 0.15) is 11.1 Å². The normalized spacial score (nSPS) is 10.3. The van der Waals surface area contributed by atoms with Gasteiger partial charge in [-0.1, -0.05) is 29.4 Å². The summed E-state index contributed by atoms with van der Waals surface area (Å²) in [6, 6.07) is 13.3. The van der Waals surface area contributed by atoms with Gasteiger partial charge in [-0.05, 0) is 23.3 Å². The number of hydrogen-bond donors (Lipinski definition) is 2. The Morgan fingerprint density at radius 1 is 1.04 bits per heavy atom. The molecule has 1 aromatic heterocycles. The first kappa shape index (κ1) is 15.3. The molecule has 7 heteroatoms. The monoisotopic (exact) mass is 320 g/mol. The molecule has 3 rings (SSSR count). The zero-order valence-corrected chi connectivity index (χ0v) is 12.4. The lowest BCUT2D eigenvalue weighted by atomic mass is 10.0. The maximum atomic E-state index is 11.3. The zero-order chi connectivity index (χ0) is 17.1. The first-order chi connectivity index (χ1) is 11.6. The van der Waals surface area contributed by atoms with Gasteiger partial charge in [-0.3, -0.25) is 10.1 Å². The Hall–Kier alpha value is -3.61. The maximum absolute atomic E-state index is 11.3. The second-order valence-corrected chi connectivity index (χ2v) is 5.02. The number of rotatable bonds is 5. The van der Waals surface area contributed by atoms with E-state index < -0.39 is 4.92 Å². The van der Waals surface area contributed by atoms with Gasteiger partial charge in [-0.25, -0.2) is 0 Å². The summed E-state index contributed by atoms with van der Waals surface area (Å²) in [5.41, 5.74) is 2.59. The van der Waals surface area contributed by atoms with Gasteiger partial charge in [0.15, 0.2) is 5.76 Å². The summed E-state index contributed by atoms with van der Waals surface area (Å²) in [4.78, 5) is 10.8. The van der Waals surface area contributed by atoms with Crippen molar-refractivity contribution in [3.63, 3.8) is 0 Å². The van der Waals surface area contributed by atoms with E-state index in [2.05, 4.69) is 5.16 Å². The molecule has 0 spiro atoms. The topological polar surface area (TPSA) is 117 Å². The number of hydrogen-bond acceptors (Lipinski definition) is 6. The molecule has 2 N–H and O–H groups in total. The average Bonchev–Trinajstić information content (AvgIpc) is 3.11. The molecule has 0 aliphatic heterocycles. The first-order valence-electron chi connectivity index (χ1n) is 6.99. The molecule has 24 heavy (non-hydrogen) atoms. The van der Waals surface area contributed by atoms with Gasteiger partial charge < -0.3 is 15.3 Å². The molecule has 0 saturated carbocycles. The molecule has 7 nitrogen and oxygen atoms in total. The number of nitro benzene ring substituents is 1. The van der Waals surface area contributed by atoms with Crippen molar-refractivity contribution in [1.82, 2.24) is 5.16 Å². The molecule has 0 aliphatic rings. The SMILES string of the molecule is N=Cc1cccc(-c2cc(-c3ccc(C=N)cc3[N+](=O)[O-])on2)c1. The lowest BCUT2D eigenvalue weighted by Gasteiger charge is -2.00. The van der Waals surface area contributed by atoms with Crippen LogP contribution in [-0.4, -0.2) is 22.5 Å². The predicted molar refractivity (Wildman–Crippen MR) is 89.8 cm³/mol. The summed E-state index contributed by atoms with van der Waals surface area (Å²) in [6.45, 7) is 0. The van der Waals surface area contributed by atoms with Crippen LogP contribution in [0, 0.1) is 20.9 Å². The van der Waals surface area contributed by atoms with E-state index in [0.29, 0.717) is 16.8 Å². The number of aromatic nitrogens is 1. The Morgan fingerprint density at radius 3 is 2.50 bits per heavy atom. The maximum Gasteiger partial charge on any atom is 0.281 e. The van der Waals surface area contributed by atoms with E-state index in [4.69, 9.17) is 15.3 Å². The summed E-state index contributed by atoms with van der Waals surface area (Å²) in [6.07, 6.45) is 2.27. The second kappa shape index (κ2) is 6.25. The van der Waals surface area contributed by atoms with Crippen LogP contribution < -0.4 is 0 Å². The van der Waals surface area contributed by atoms with Crippen LogP contribution in [0.3, 0.4) is 0 Å². The van der Waals surface area contributed by atoms with Crippen molar-refractivity contribution in [2.45, 2.75) is 0 Å². The van der Waals surface area contributed by atoms with E-state index in [0.717, 1.165) is 17.3 Å². The van der Waals surface area contributed by atoms with Crippen LogP contribution in [0.15, 0.2) is 53.1 Å². The fourth-order valence-electron chi connectivity index (χ4n) is 2.32. The van der Waals surface area contributed by atoms with E-state index in [1.807, 2.05) is 6.07 Å². The number of nitrogens with zero attached hydrogens (tertiary/aromatic N) is 2. The molecular weight excluding hydrogens is 308 g/mol. The van der Waals surface area contributed by atoms with Crippen LogP contribution in [0.5, 0.6) is 0 Å². The molecule has 0 saturated heterocycles. The highest BCUT2D eigenvalue weighted by atomic mass is 16.6. The van der Waals surface area contributed by atoms with E-state index in [1.165, 1.54) is 18.3 Å². The highest BCUT2D eigenvalue weighted by molar-refractivity contribution is 5.83. The van der Waals surface area contributed by atoms with Crippen molar-refractivity contribution in [2.24, 2.45) is 0 Å². The Balaban J connectivity index is 2.06. The van der Waals surface area contributed by atoms with Crippen LogP contribution in [-0.2, 0) is 0 Å². The Kier molecular flexibility index (Phi) is 3.98. The quantitative estimate of drug-likeness (QED) is 0.421. The molecule has 0 aliphatic carbocycles. The average molecular weight is 320 g/mol. The number of benzene rings is 2. The molecule has 0 radical (unpaired) electrons. The molecule has 3 aromatic rings. The zero-order valence-electron chi connectivity index (χ0n) is 12.4. The Morgan fingerprint density at radius 2 is 1.79 bits per heavy atom. The van der Waals surface area contributed by atoms with Crippen molar-refractivity contribution in [1.29, 1.82) is 10.8 Å². The van der Waals surface area contributed by atoms with E-state index in [9.17, 15) is 10.1 Å². The van der Waals surface area contributed by atoms with Crippen LogP contribution in [0.2, 0.25) is 0 Å². The highest BCUT2D eigenvalue weighted by Crippen LogP contribution is 2.33. The highest BCUT2D eigenvalue weighted by Gasteiger charge is 2.20. The second-order valence-electron chi connectivity index (χ2n) is 5.02. The van der Waals surface area contributed by atoms with Gasteiger partial charge in [0.05, 0.1) is 10.5 Å². The molecule has 0 atom stereocenters. The van der Waals surface area contributed by atoms with Gasteiger partial charge in [-0.15, -0.1) is 0 Å². The van der Waals surface area contributed by atoms with Crippen molar-refractivity contribution in [3.05, 3.63) is 69.8 Å². The minimum atomic E-state index is -0.514. The fraction of sp³-hybridized carbons (Fsp3) is 0. The predicted octanol–water partition coefficient (Wildman–Crippen LogP) is 3.91. The van der Waals surface area contributed by atoms with E-state index in [-0.39, 0.29) is 11.4 Å². The summed E-state index contributed by atoms with van der Waals surface area (Å²) in [5, 5.41) is 29.7. The molecule has 0 amide bonds. The fourth-order valence-corrected chi connectivity index (χ4v) is 2.32. The Labute approximate surface area is 136 Å². The largest absolute Gasteiger partial charge is 0.355 e. The molecule has 1 heterocycles. The lowest BCUT2D eigenvalue weighted by molar-refractivity contribution is -0.384. The van der Waals surface area contributed by atoms with Gasteiger partial charge in [0.2, 0.25) is 0 Å². The number of nitro groups is 1. The molecule has 0 unspecified atom stereocenters. The van der Waals surface area contributed by atoms with E-state index in [1.54, 1.807) is 30.3 Å². The van der Waals surface area contributed by atoms with Crippen molar-refractivity contribution in [2.75, 3.05) is 0 Å². The smallest absolute Gasteiger partial charge is 0.281 e. The van der Waals surface area contributed by atoms with Crippen molar-refractivity contribution >= 4 is 18.1 Å². The third kappa shape index (κ3) is 2.82. The third-order valence-electron chi connectivity index (χ3n) is 3.51. The molecular formula is C17H12N4O3. The summed E-state index contributed by atoms with van der Waals surface area (Å²) in [5.74, 6) is 0.272. The van der Waals surface area contributed by atoms with Gasteiger partial charge >= 0.3 is 0 Å². The van der Waals surface area contributed by atoms with Crippen LogP contribution in [0.4, 0.5) is 5.69 Å². The first-order valence-corrected chi connectivity index (χ1v) is 6.99. The third-order valence-corrected chi connectivity index (χ3v) is 3.51. The van der Waals surface area contributed by atoms with Crippen molar-refractivity contribution < 1.29 is 9.45 Å². The van der Waals surface area contributed by atoms with Gasteiger partial charge in [0.1, 0.15) is 5.69 Å². The van der Waals surface area contributed by atoms with E-state index >= 15 is 0 Å². The standard InChI is InChI=1S/C17H12N4O3/c18-9-11-2-1-3-13(6-11)15-8-17(24-20-15)14-5-4-12(10-19)7-16(14)21(22)23/h1-10,18-19H. The lowest BCUT2D eigenvalue weighted by Crippen LogP contribution is -1.93. The minimum Gasteiger partial charge on any atom is -0.355 e. The molecule has 2 aromatic carbocycles. The molecule has 0 bridgehead atoms. The van der Waals surface area contributed by atoms with Crippen molar-refractivity contribution in [3.8, 4) is 22.6 Å². The Bertz CT molecular complexity index is 947. The molecule has 118 valence electrons.